The lowest BCUT2D eigenvalue weighted by Crippen LogP contribution is -2.28. The minimum Gasteiger partial charge on any atom is -0.382 e. The summed E-state index contributed by atoms with van der Waals surface area (Å²) in [6.45, 7) is 0. The van der Waals surface area contributed by atoms with Gasteiger partial charge in [0.1, 0.15) is 23.0 Å². The van der Waals surface area contributed by atoms with E-state index >= 15 is 0 Å². The summed E-state index contributed by atoms with van der Waals surface area (Å²) in [6.07, 6.45) is -0.728. The number of thiophene rings is 1. The van der Waals surface area contributed by atoms with Crippen LogP contribution in [0.1, 0.15) is 11.3 Å². The Morgan fingerprint density at radius 1 is 1.32 bits per heavy atom. The van der Waals surface area contributed by atoms with Crippen molar-refractivity contribution in [1.29, 1.82) is 0 Å². The van der Waals surface area contributed by atoms with Gasteiger partial charge in [-0.15, -0.1) is 11.3 Å². The van der Waals surface area contributed by atoms with Gasteiger partial charge in [0, 0.05) is 6.42 Å². The Labute approximate surface area is 133 Å². The van der Waals surface area contributed by atoms with Crippen LogP contribution in [-0.4, -0.2) is 17.7 Å². The highest BCUT2D eigenvalue weighted by molar-refractivity contribution is 7.18. The monoisotopic (exact) mass is 342 g/mol. The fourth-order valence-electron chi connectivity index (χ4n) is 1.95. The van der Waals surface area contributed by atoms with Crippen LogP contribution in [0.4, 0.5) is 14.5 Å². The van der Waals surface area contributed by atoms with Crippen LogP contribution in [0.15, 0.2) is 35.5 Å². The maximum absolute atomic E-state index is 13.5. The zero-order chi connectivity index (χ0) is 15.7. The van der Waals surface area contributed by atoms with Crippen LogP contribution in [0.5, 0.6) is 0 Å². The number of rotatable bonds is 3. The lowest BCUT2D eigenvalue weighted by Gasteiger charge is -2.10. The Balaban J connectivity index is 1.68. The number of nitrogens with zero attached hydrogens (tertiary/aromatic N) is 1. The molecule has 1 N–H and O–H groups in total. The average molecular weight is 343 g/mol. The van der Waals surface area contributed by atoms with Crippen molar-refractivity contribution >= 4 is 40.2 Å². The highest BCUT2D eigenvalue weighted by Gasteiger charge is 2.30. The largest absolute Gasteiger partial charge is 0.382 e. The van der Waals surface area contributed by atoms with E-state index in [-0.39, 0.29) is 6.42 Å². The number of hydrogen-bond donors (Lipinski definition) is 1. The van der Waals surface area contributed by atoms with Gasteiger partial charge in [-0.2, -0.15) is 0 Å². The summed E-state index contributed by atoms with van der Waals surface area (Å²) in [5, 5.41) is 6.02. The van der Waals surface area contributed by atoms with Crippen LogP contribution in [0.25, 0.3) is 0 Å². The molecule has 1 aromatic carbocycles. The fourth-order valence-corrected chi connectivity index (χ4v) is 2.99. The Hall–Kier alpha value is -1.99. The van der Waals surface area contributed by atoms with Crippen molar-refractivity contribution in [2.45, 2.75) is 12.5 Å². The van der Waals surface area contributed by atoms with Gasteiger partial charge in [-0.3, -0.25) is 4.79 Å². The van der Waals surface area contributed by atoms with Crippen molar-refractivity contribution < 1.29 is 18.4 Å². The van der Waals surface area contributed by atoms with Crippen molar-refractivity contribution in [3.63, 3.8) is 0 Å². The highest BCUT2D eigenvalue weighted by Crippen LogP contribution is 2.27. The number of amides is 1. The van der Waals surface area contributed by atoms with E-state index in [1.165, 1.54) is 17.4 Å². The van der Waals surface area contributed by atoms with Gasteiger partial charge in [-0.25, -0.2) is 8.78 Å². The predicted octanol–water partition coefficient (Wildman–Crippen LogP) is 3.81. The first-order chi connectivity index (χ1) is 10.5. The van der Waals surface area contributed by atoms with Gasteiger partial charge in [0.05, 0.1) is 9.21 Å². The third-order valence-electron chi connectivity index (χ3n) is 3.03. The first-order valence-electron chi connectivity index (χ1n) is 6.28. The van der Waals surface area contributed by atoms with E-state index in [9.17, 15) is 13.6 Å². The van der Waals surface area contributed by atoms with Gasteiger partial charge in [-0.05, 0) is 24.3 Å². The van der Waals surface area contributed by atoms with Crippen LogP contribution in [-0.2, 0) is 9.63 Å². The van der Waals surface area contributed by atoms with E-state index in [0.29, 0.717) is 10.0 Å². The molecule has 0 fully saturated rings. The number of benzene rings is 1. The van der Waals surface area contributed by atoms with E-state index in [2.05, 4.69) is 10.5 Å². The molecule has 0 spiro atoms. The molecule has 0 aliphatic carbocycles. The first kappa shape index (κ1) is 14.9. The number of para-hydroxylation sites is 1. The molecule has 22 heavy (non-hydrogen) atoms. The summed E-state index contributed by atoms with van der Waals surface area (Å²) < 4.78 is 27.6. The van der Waals surface area contributed by atoms with E-state index < -0.39 is 29.3 Å². The molecule has 114 valence electrons. The molecule has 0 radical (unpaired) electrons. The second kappa shape index (κ2) is 6.02. The lowest BCUT2D eigenvalue weighted by atomic mass is 10.1. The van der Waals surface area contributed by atoms with E-state index in [4.69, 9.17) is 16.4 Å². The van der Waals surface area contributed by atoms with E-state index in [1.54, 1.807) is 12.1 Å². The second-order valence-corrected chi connectivity index (χ2v) is 6.24. The van der Waals surface area contributed by atoms with Crippen LogP contribution in [0.3, 0.4) is 0 Å². The van der Waals surface area contributed by atoms with Gasteiger partial charge in [0.25, 0.3) is 5.91 Å². The maximum atomic E-state index is 13.5. The molecule has 1 aliphatic rings. The molecule has 1 atom stereocenters. The molecular weight excluding hydrogens is 334 g/mol. The topological polar surface area (TPSA) is 50.7 Å². The van der Waals surface area contributed by atoms with Crippen molar-refractivity contribution in [2.24, 2.45) is 5.16 Å². The molecule has 1 aromatic heterocycles. The van der Waals surface area contributed by atoms with Crippen molar-refractivity contribution in [3.05, 3.63) is 51.2 Å². The smallest absolute Gasteiger partial charge is 0.268 e. The van der Waals surface area contributed by atoms with Gasteiger partial charge >= 0.3 is 0 Å². The summed E-state index contributed by atoms with van der Waals surface area (Å²) in [7, 11) is 0. The number of hydrogen-bond acceptors (Lipinski definition) is 4. The number of oxime groups is 1. The summed E-state index contributed by atoms with van der Waals surface area (Å²) in [6, 6.07) is 6.82. The lowest BCUT2D eigenvalue weighted by molar-refractivity contribution is -0.125. The summed E-state index contributed by atoms with van der Waals surface area (Å²) >= 11 is 7.15. The van der Waals surface area contributed by atoms with E-state index in [0.717, 1.165) is 17.0 Å². The number of halogens is 3. The standard InChI is InChI=1S/C14H9ClF2N2O2S/c15-12-5-4-11(22-12)9-6-10(21-19-9)14(20)18-13-7(16)2-1-3-8(13)17/h1-5,10H,6H2,(H,18,20). The zero-order valence-electron chi connectivity index (χ0n) is 11.0. The Kier molecular flexibility index (Phi) is 4.08. The normalized spacial score (nSPS) is 17.0. The Morgan fingerprint density at radius 2 is 2.05 bits per heavy atom. The Morgan fingerprint density at radius 3 is 2.68 bits per heavy atom. The molecule has 1 amide bonds. The number of carbonyl (C=O) groups is 1. The third kappa shape index (κ3) is 2.95. The van der Waals surface area contributed by atoms with Gasteiger partial charge in [0.15, 0.2) is 0 Å². The summed E-state index contributed by atoms with van der Waals surface area (Å²) in [4.78, 5) is 17.9. The predicted molar refractivity (Wildman–Crippen MR) is 80.3 cm³/mol. The van der Waals surface area contributed by atoms with E-state index in [1.807, 2.05) is 0 Å². The van der Waals surface area contributed by atoms with Crippen LogP contribution in [0, 0.1) is 11.6 Å². The van der Waals surface area contributed by atoms with Gasteiger partial charge in [-0.1, -0.05) is 22.8 Å². The molecule has 0 saturated heterocycles. The minimum atomic E-state index is -0.935. The SMILES string of the molecule is O=C(Nc1c(F)cccc1F)C1CC(c2ccc(Cl)s2)=NO1. The molecule has 3 rings (SSSR count). The van der Waals surface area contributed by atoms with Crippen LogP contribution < -0.4 is 5.32 Å². The fraction of sp³-hybridized carbons (Fsp3) is 0.143. The molecule has 8 heteroatoms. The number of nitrogens with one attached hydrogen (secondary N) is 1. The molecule has 2 heterocycles. The quantitative estimate of drug-likeness (QED) is 0.922. The second-order valence-electron chi connectivity index (χ2n) is 4.53. The maximum Gasteiger partial charge on any atom is 0.268 e. The van der Waals surface area contributed by atoms with Gasteiger partial charge in [0.2, 0.25) is 6.10 Å². The van der Waals surface area contributed by atoms with Crippen LogP contribution >= 0.6 is 22.9 Å². The highest BCUT2D eigenvalue weighted by atomic mass is 35.5. The number of anilines is 1. The molecule has 1 aliphatic heterocycles. The van der Waals surface area contributed by atoms with Crippen molar-refractivity contribution in [3.8, 4) is 0 Å². The molecule has 2 aromatic rings. The third-order valence-corrected chi connectivity index (χ3v) is 4.31. The average Bonchev–Trinajstić information content (AvgIpc) is 3.11. The minimum absolute atomic E-state index is 0.207. The molecule has 0 bridgehead atoms. The number of carbonyl (C=O) groups excluding carboxylic acids is 1. The molecule has 4 nitrogen and oxygen atoms in total. The summed E-state index contributed by atoms with van der Waals surface area (Å²) in [5.74, 6) is -2.36. The molecular formula is C14H9ClF2N2O2S. The molecule has 0 saturated carbocycles. The van der Waals surface area contributed by atoms with Crippen LogP contribution in [0.2, 0.25) is 4.34 Å². The first-order valence-corrected chi connectivity index (χ1v) is 7.47. The Bertz CT molecular complexity index is 743. The summed E-state index contributed by atoms with van der Waals surface area (Å²) in [5.41, 5.74) is 0.0785. The van der Waals surface area contributed by atoms with Gasteiger partial charge < -0.3 is 10.2 Å². The van der Waals surface area contributed by atoms with Crippen molar-refractivity contribution in [2.75, 3.05) is 5.32 Å². The van der Waals surface area contributed by atoms with Crippen molar-refractivity contribution in [1.82, 2.24) is 0 Å². The zero-order valence-corrected chi connectivity index (χ0v) is 12.5. The molecule has 1 unspecified atom stereocenters.